The molecule has 1 rings (SSSR count). The minimum atomic E-state index is -1.87. The molecule has 0 spiro atoms. The van der Waals surface area contributed by atoms with E-state index in [1.807, 2.05) is 0 Å². The maximum Gasteiger partial charge on any atom is 0.326 e. The first-order valence-electron chi connectivity index (χ1n) is 5.01. The molecule has 1 atom stereocenters. The van der Waals surface area contributed by atoms with Crippen molar-refractivity contribution in [2.24, 2.45) is 0 Å². The fourth-order valence-electron chi connectivity index (χ4n) is 1.28. The van der Waals surface area contributed by atoms with Crippen LogP contribution in [0.15, 0.2) is 6.07 Å². The van der Waals surface area contributed by atoms with Crippen molar-refractivity contribution in [3.05, 3.63) is 34.9 Å². The van der Waals surface area contributed by atoms with Crippen LogP contribution < -0.4 is 0 Å². The lowest BCUT2D eigenvalue weighted by molar-refractivity contribution is -0.141. The smallest absolute Gasteiger partial charge is 0.326 e. The van der Waals surface area contributed by atoms with Crippen molar-refractivity contribution in [3.63, 3.8) is 0 Å². The Hall–Kier alpha value is -2.12. The largest absolute Gasteiger partial charge is 0.480 e. The van der Waals surface area contributed by atoms with Crippen LogP contribution in [0.4, 0.5) is 17.6 Å². The summed E-state index contributed by atoms with van der Waals surface area (Å²) in [6.45, 7) is 1.08. The van der Waals surface area contributed by atoms with E-state index in [1.165, 1.54) is 0 Å². The number of carboxylic acid groups (broad SMARTS) is 1. The Kier molecular flexibility index (Phi) is 4.13. The second kappa shape index (κ2) is 5.25. The highest BCUT2D eigenvalue weighted by Gasteiger charge is 2.30. The number of rotatable bonds is 3. The van der Waals surface area contributed by atoms with Gasteiger partial charge in [0.25, 0.3) is 5.91 Å². The van der Waals surface area contributed by atoms with Crippen molar-refractivity contribution in [2.45, 2.75) is 13.0 Å². The highest BCUT2D eigenvalue weighted by molar-refractivity contribution is 5.96. The number of halogens is 4. The van der Waals surface area contributed by atoms with Crippen LogP contribution in [0.2, 0.25) is 0 Å². The van der Waals surface area contributed by atoms with E-state index in [1.54, 1.807) is 0 Å². The Morgan fingerprint density at radius 2 is 1.58 bits per heavy atom. The summed E-state index contributed by atoms with van der Waals surface area (Å²) in [5.74, 6) is -10.1. The van der Waals surface area contributed by atoms with Crippen LogP contribution >= 0.6 is 0 Å². The molecule has 0 fully saturated rings. The van der Waals surface area contributed by atoms with Gasteiger partial charge in [-0.15, -0.1) is 0 Å². The Morgan fingerprint density at radius 1 is 1.16 bits per heavy atom. The SMILES string of the molecule is CC(C(=O)O)N(C)C(=O)c1c(F)c(F)cc(F)c1F. The monoisotopic (exact) mass is 279 g/mol. The van der Waals surface area contributed by atoms with Crippen molar-refractivity contribution in [1.82, 2.24) is 4.90 Å². The highest BCUT2D eigenvalue weighted by Crippen LogP contribution is 2.21. The van der Waals surface area contributed by atoms with Gasteiger partial charge in [-0.2, -0.15) is 0 Å². The molecular formula is C11H9F4NO3. The van der Waals surface area contributed by atoms with Crippen molar-refractivity contribution in [1.29, 1.82) is 0 Å². The number of amides is 1. The van der Waals surface area contributed by atoms with Crippen molar-refractivity contribution in [2.75, 3.05) is 7.05 Å². The lowest BCUT2D eigenvalue weighted by atomic mass is 10.1. The maximum atomic E-state index is 13.3. The highest BCUT2D eigenvalue weighted by atomic mass is 19.2. The van der Waals surface area contributed by atoms with E-state index in [2.05, 4.69) is 0 Å². The average molecular weight is 279 g/mol. The minimum absolute atomic E-state index is 0.0396. The zero-order chi connectivity index (χ0) is 14.9. The average Bonchev–Trinajstić information content (AvgIpc) is 2.34. The second-order valence-corrected chi connectivity index (χ2v) is 3.77. The summed E-state index contributed by atoms with van der Waals surface area (Å²) < 4.78 is 52.6. The van der Waals surface area contributed by atoms with Crippen LogP contribution in [0.5, 0.6) is 0 Å². The normalized spacial score (nSPS) is 12.1. The molecule has 19 heavy (non-hydrogen) atoms. The molecule has 104 valence electrons. The fourth-order valence-corrected chi connectivity index (χ4v) is 1.28. The molecule has 4 nitrogen and oxygen atoms in total. The van der Waals surface area contributed by atoms with Crippen molar-refractivity contribution < 1.29 is 32.3 Å². The molecule has 1 aromatic carbocycles. The molecule has 1 unspecified atom stereocenters. The zero-order valence-corrected chi connectivity index (χ0v) is 9.88. The molecule has 0 aromatic heterocycles. The number of likely N-dealkylation sites (N-methyl/N-ethyl adjacent to an activating group) is 1. The fraction of sp³-hybridized carbons (Fsp3) is 0.273. The van der Waals surface area contributed by atoms with E-state index >= 15 is 0 Å². The number of carboxylic acids is 1. The number of carbonyl (C=O) groups is 2. The van der Waals surface area contributed by atoms with Crippen LogP contribution in [0, 0.1) is 23.3 Å². The van der Waals surface area contributed by atoms with Crippen molar-refractivity contribution >= 4 is 11.9 Å². The predicted octanol–water partition coefficient (Wildman–Crippen LogP) is 1.79. The summed E-state index contributed by atoms with van der Waals surface area (Å²) in [5.41, 5.74) is -1.46. The molecule has 0 heterocycles. The topological polar surface area (TPSA) is 57.6 Å². The molecule has 1 aromatic rings. The van der Waals surface area contributed by atoms with Gasteiger partial charge in [-0.1, -0.05) is 0 Å². The minimum Gasteiger partial charge on any atom is -0.480 e. The van der Waals surface area contributed by atoms with Gasteiger partial charge >= 0.3 is 5.97 Å². The standard InChI is InChI=1S/C11H9F4NO3/c1-4(11(18)19)16(2)10(17)7-8(14)5(12)3-6(13)9(7)15/h3-4H,1-2H3,(H,18,19). The summed E-state index contributed by atoms with van der Waals surface area (Å²) in [7, 11) is 0.947. The van der Waals surface area contributed by atoms with Crippen LogP contribution in [0.1, 0.15) is 17.3 Å². The predicted molar refractivity (Wildman–Crippen MR) is 55.5 cm³/mol. The summed E-state index contributed by atoms with van der Waals surface area (Å²) in [4.78, 5) is 22.8. The van der Waals surface area contributed by atoms with E-state index in [4.69, 9.17) is 5.11 Å². The summed E-state index contributed by atoms with van der Waals surface area (Å²) in [6, 6.07) is -1.46. The van der Waals surface area contributed by atoms with E-state index < -0.39 is 46.8 Å². The zero-order valence-electron chi connectivity index (χ0n) is 9.88. The number of hydrogen-bond acceptors (Lipinski definition) is 2. The molecule has 0 aliphatic heterocycles. The summed E-state index contributed by atoms with van der Waals surface area (Å²) in [6.07, 6.45) is 0. The first kappa shape index (κ1) is 14.9. The number of benzene rings is 1. The molecule has 0 aliphatic rings. The van der Waals surface area contributed by atoms with Gasteiger partial charge in [0, 0.05) is 13.1 Å². The molecule has 0 saturated heterocycles. The number of nitrogens with zero attached hydrogens (tertiary/aromatic N) is 1. The van der Waals surface area contributed by atoms with Gasteiger partial charge in [0.15, 0.2) is 23.3 Å². The van der Waals surface area contributed by atoms with Gasteiger partial charge < -0.3 is 10.0 Å². The Balaban J connectivity index is 3.31. The number of aliphatic carboxylic acids is 1. The van der Waals surface area contributed by atoms with E-state index in [0.717, 1.165) is 14.0 Å². The third-order valence-corrected chi connectivity index (χ3v) is 2.58. The van der Waals surface area contributed by atoms with Crippen LogP contribution in [-0.4, -0.2) is 35.0 Å². The van der Waals surface area contributed by atoms with E-state index in [0.29, 0.717) is 4.90 Å². The van der Waals surface area contributed by atoms with Gasteiger partial charge in [0.2, 0.25) is 0 Å². The Bertz CT molecular complexity index is 521. The molecule has 1 amide bonds. The van der Waals surface area contributed by atoms with E-state index in [-0.39, 0.29) is 6.07 Å². The molecule has 0 radical (unpaired) electrons. The van der Waals surface area contributed by atoms with Crippen LogP contribution in [-0.2, 0) is 4.79 Å². The van der Waals surface area contributed by atoms with Crippen LogP contribution in [0.25, 0.3) is 0 Å². The van der Waals surface area contributed by atoms with Crippen molar-refractivity contribution in [3.8, 4) is 0 Å². The third kappa shape index (κ3) is 2.67. The Morgan fingerprint density at radius 3 is 1.95 bits per heavy atom. The van der Waals surface area contributed by atoms with Gasteiger partial charge in [-0.05, 0) is 6.92 Å². The number of carbonyl (C=O) groups excluding carboxylic acids is 1. The maximum absolute atomic E-state index is 13.3. The summed E-state index contributed by atoms with van der Waals surface area (Å²) >= 11 is 0. The molecule has 0 saturated carbocycles. The second-order valence-electron chi connectivity index (χ2n) is 3.77. The summed E-state index contributed by atoms with van der Waals surface area (Å²) in [5, 5.41) is 8.67. The van der Waals surface area contributed by atoms with Gasteiger partial charge in [0.1, 0.15) is 11.6 Å². The quantitative estimate of drug-likeness (QED) is 0.678. The van der Waals surface area contributed by atoms with Gasteiger partial charge in [0.05, 0.1) is 0 Å². The molecular weight excluding hydrogens is 270 g/mol. The molecule has 0 aliphatic carbocycles. The van der Waals surface area contributed by atoms with Gasteiger partial charge in [-0.25, -0.2) is 22.4 Å². The third-order valence-electron chi connectivity index (χ3n) is 2.58. The molecule has 8 heteroatoms. The first-order valence-corrected chi connectivity index (χ1v) is 5.01. The lowest BCUT2D eigenvalue weighted by Crippen LogP contribution is -2.41. The molecule has 0 bridgehead atoms. The Labute approximate surface area is 105 Å². The van der Waals surface area contributed by atoms with Gasteiger partial charge in [-0.3, -0.25) is 4.79 Å². The van der Waals surface area contributed by atoms with Crippen LogP contribution in [0.3, 0.4) is 0 Å². The lowest BCUT2D eigenvalue weighted by Gasteiger charge is -2.22. The number of hydrogen-bond donors (Lipinski definition) is 1. The molecule has 1 N–H and O–H groups in total. The first-order chi connectivity index (χ1) is 8.68. The van der Waals surface area contributed by atoms with E-state index in [9.17, 15) is 27.2 Å².